The van der Waals surface area contributed by atoms with Gasteiger partial charge in [-0.15, -0.1) is 0 Å². The molecule has 2 atom stereocenters. The zero-order valence-electron chi connectivity index (χ0n) is 11.4. The quantitative estimate of drug-likeness (QED) is 0.751. The first-order valence-electron chi connectivity index (χ1n) is 6.83. The summed E-state index contributed by atoms with van der Waals surface area (Å²) in [6.07, 6.45) is 6.85. The number of aromatic amines is 1. The van der Waals surface area contributed by atoms with Crippen LogP contribution in [0.2, 0.25) is 0 Å². The van der Waals surface area contributed by atoms with Gasteiger partial charge in [-0.1, -0.05) is 24.3 Å². The third-order valence-corrected chi connectivity index (χ3v) is 4.17. The van der Waals surface area contributed by atoms with Crippen LogP contribution in [0.15, 0.2) is 53.4 Å². The molecule has 2 N–H and O–H groups in total. The molecular weight excluding hydrogens is 282 g/mol. The van der Waals surface area contributed by atoms with Gasteiger partial charge < -0.3 is 4.98 Å². The van der Waals surface area contributed by atoms with Crippen molar-refractivity contribution < 1.29 is 9.59 Å². The zero-order chi connectivity index (χ0) is 15.3. The van der Waals surface area contributed by atoms with Crippen molar-refractivity contribution in [2.45, 2.75) is 5.41 Å². The van der Waals surface area contributed by atoms with Crippen LogP contribution in [-0.4, -0.2) is 21.8 Å². The van der Waals surface area contributed by atoms with Crippen LogP contribution in [-0.2, 0) is 15.0 Å². The first-order chi connectivity index (χ1) is 10.6. The molecule has 1 aliphatic carbocycles. The topological polar surface area (TPSA) is 91.9 Å². The fraction of sp³-hybridized carbons (Fsp3) is 0.125. The molecule has 1 aliphatic heterocycles. The van der Waals surface area contributed by atoms with Gasteiger partial charge in [-0.25, -0.2) is 4.98 Å². The van der Waals surface area contributed by atoms with Gasteiger partial charge in [0, 0.05) is 11.5 Å². The molecule has 6 nitrogen and oxygen atoms in total. The number of carbonyl (C=O) groups is 2. The molecule has 2 aromatic heterocycles. The minimum Gasteiger partial charge on any atom is -0.307 e. The standard InChI is InChI=1S/C16H11N3O3/c20-12-7-5-9-4-6-11(17-13(9)18-12)16-8-2-1-3-10(16)14(21)19-15(16)22/h1-8,10H,(H,17,18,20)(H,19,21,22). The van der Waals surface area contributed by atoms with Crippen LogP contribution in [0.5, 0.6) is 0 Å². The Morgan fingerprint density at radius 2 is 1.86 bits per heavy atom. The van der Waals surface area contributed by atoms with Crippen LogP contribution in [0.1, 0.15) is 5.69 Å². The molecule has 22 heavy (non-hydrogen) atoms. The maximum atomic E-state index is 12.4. The van der Waals surface area contributed by atoms with Gasteiger partial charge in [-0.3, -0.25) is 19.7 Å². The van der Waals surface area contributed by atoms with Crippen molar-refractivity contribution in [2.75, 3.05) is 0 Å². The lowest BCUT2D eigenvalue weighted by Crippen LogP contribution is -2.39. The summed E-state index contributed by atoms with van der Waals surface area (Å²) in [5.41, 5.74) is -0.575. The molecular formula is C16H11N3O3. The van der Waals surface area contributed by atoms with Gasteiger partial charge in [0.1, 0.15) is 11.1 Å². The van der Waals surface area contributed by atoms with E-state index in [1.54, 1.807) is 42.5 Å². The number of amides is 2. The number of allylic oxidation sites excluding steroid dienone is 2. The van der Waals surface area contributed by atoms with Crippen molar-refractivity contribution in [2.24, 2.45) is 5.92 Å². The summed E-state index contributed by atoms with van der Waals surface area (Å²) in [4.78, 5) is 43.0. The highest BCUT2D eigenvalue weighted by Crippen LogP contribution is 2.40. The molecule has 4 rings (SSSR count). The third-order valence-electron chi connectivity index (χ3n) is 4.17. The number of carbonyl (C=O) groups excluding carboxylic acids is 2. The molecule has 3 heterocycles. The van der Waals surface area contributed by atoms with Gasteiger partial charge in [0.25, 0.3) is 0 Å². The lowest BCUT2D eigenvalue weighted by Gasteiger charge is -2.27. The van der Waals surface area contributed by atoms with Gasteiger partial charge in [0.15, 0.2) is 0 Å². The summed E-state index contributed by atoms with van der Waals surface area (Å²) < 4.78 is 0. The molecule has 2 aliphatic rings. The molecule has 2 unspecified atom stereocenters. The van der Waals surface area contributed by atoms with Crippen LogP contribution in [0.25, 0.3) is 11.0 Å². The van der Waals surface area contributed by atoms with Crippen LogP contribution in [0, 0.1) is 5.92 Å². The van der Waals surface area contributed by atoms with E-state index >= 15 is 0 Å². The number of aromatic nitrogens is 2. The second kappa shape index (κ2) is 4.24. The summed E-state index contributed by atoms with van der Waals surface area (Å²) in [7, 11) is 0. The number of H-pyrrole nitrogens is 1. The van der Waals surface area contributed by atoms with Crippen LogP contribution < -0.4 is 10.9 Å². The van der Waals surface area contributed by atoms with Gasteiger partial charge in [-0.05, 0) is 18.2 Å². The largest absolute Gasteiger partial charge is 0.307 e. The number of rotatable bonds is 1. The van der Waals surface area contributed by atoms with Gasteiger partial charge in [0.05, 0.1) is 11.6 Å². The van der Waals surface area contributed by atoms with E-state index in [2.05, 4.69) is 15.3 Å². The van der Waals surface area contributed by atoms with E-state index in [1.165, 1.54) is 6.07 Å². The van der Waals surface area contributed by atoms with E-state index in [4.69, 9.17) is 0 Å². The Morgan fingerprint density at radius 3 is 2.73 bits per heavy atom. The molecule has 0 radical (unpaired) electrons. The average molecular weight is 293 g/mol. The third kappa shape index (κ3) is 1.54. The van der Waals surface area contributed by atoms with Crippen molar-refractivity contribution in [3.05, 3.63) is 64.6 Å². The first kappa shape index (κ1) is 12.7. The fourth-order valence-electron chi connectivity index (χ4n) is 3.06. The van der Waals surface area contributed by atoms with E-state index < -0.39 is 17.2 Å². The maximum absolute atomic E-state index is 12.4. The van der Waals surface area contributed by atoms with Crippen molar-refractivity contribution in [1.82, 2.24) is 15.3 Å². The van der Waals surface area contributed by atoms with E-state index in [-0.39, 0.29) is 11.5 Å². The molecule has 1 saturated heterocycles. The number of nitrogens with one attached hydrogen (secondary N) is 2. The number of imide groups is 1. The summed E-state index contributed by atoms with van der Waals surface area (Å²) in [5.74, 6) is -1.35. The van der Waals surface area contributed by atoms with Crippen molar-refractivity contribution in [3.8, 4) is 0 Å². The Balaban J connectivity index is 1.98. The minimum atomic E-state index is -1.15. The Hall–Kier alpha value is -3.02. The minimum absolute atomic E-state index is 0.266. The van der Waals surface area contributed by atoms with Gasteiger partial charge in [0.2, 0.25) is 17.4 Å². The number of hydrogen-bond acceptors (Lipinski definition) is 4. The van der Waals surface area contributed by atoms with Crippen molar-refractivity contribution in [1.29, 1.82) is 0 Å². The molecule has 2 amide bonds. The Labute approximate surface area is 124 Å². The normalized spacial score (nSPS) is 26.3. The van der Waals surface area contributed by atoms with Crippen molar-refractivity contribution >= 4 is 22.8 Å². The predicted molar refractivity (Wildman–Crippen MR) is 79.0 cm³/mol. The predicted octanol–water partition coefficient (Wildman–Crippen LogP) is 0.559. The number of fused-ring (bicyclic) bond motifs is 2. The number of nitrogens with zero attached hydrogens (tertiary/aromatic N) is 1. The van der Waals surface area contributed by atoms with Crippen LogP contribution in [0.4, 0.5) is 0 Å². The summed E-state index contributed by atoms with van der Waals surface area (Å²) in [5, 5.41) is 3.13. The first-order valence-corrected chi connectivity index (χ1v) is 6.83. The molecule has 0 spiro atoms. The van der Waals surface area contributed by atoms with E-state index in [0.717, 1.165) is 5.39 Å². The van der Waals surface area contributed by atoms with Gasteiger partial charge >= 0.3 is 0 Å². The average Bonchev–Trinajstić information content (AvgIpc) is 2.79. The lowest BCUT2D eigenvalue weighted by atomic mass is 9.72. The highest BCUT2D eigenvalue weighted by Gasteiger charge is 2.55. The molecule has 0 aromatic carbocycles. The van der Waals surface area contributed by atoms with Crippen LogP contribution in [0.3, 0.4) is 0 Å². The molecule has 108 valence electrons. The van der Waals surface area contributed by atoms with E-state index in [9.17, 15) is 14.4 Å². The summed E-state index contributed by atoms with van der Waals surface area (Å²) in [6, 6.07) is 6.58. The van der Waals surface area contributed by atoms with Crippen LogP contribution >= 0.6 is 0 Å². The van der Waals surface area contributed by atoms with Gasteiger partial charge in [-0.2, -0.15) is 0 Å². The highest BCUT2D eigenvalue weighted by atomic mass is 16.2. The highest BCUT2D eigenvalue weighted by molar-refractivity contribution is 6.12. The van der Waals surface area contributed by atoms with E-state index in [0.29, 0.717) is 11.3 Å². The lowest BCUT2D eigenvalue weighted by molar-refractivity contribution is -0.126. The molecule has 0 bridgehead atoms. The second-order valence-electron chi connectivity index (χ2n) is 5.37. The smallest absolute Gasteiger partial charge is 0.249 e. The Bertz CT molecular complexity index is 941. The molecule has 0 saturated carbocycles. The maximum Gasteiger partial charge on any atom is 0.249 e. The fourth-order valence-corrected chi connectivity index (χ4v) is 3.06. The molecule has 6 heteroatoms. The summed E-state index contributed by atoms with van der Waals surface area (Å²) >= 11 is 0. The second-order valence-corrected chi connectivity index (χ2v) is 5.37. The SMILES string of the molecule is O=C1NC(=O)C2(c3ccc4ccc(=O)[nH]c4n3)C=CC=CC12. The summed E-state index contributed by atoms with van der Waals surface area (Å²) in [6.45, 7) is 0. The zero-order valence-corrected chi connectivity index (χ0v) is 11.4. The molecule has 2 aromatic rings. The number of hydrogen-bond donors (Lipinski definition) is 2. The van der Waals surface area contributed by atoms with E-state index in [1.807, 2.05) is 0 Å². The molecule has 1 fully saturated rings. The Morgan fingerprint density at radius 1 is 1.05 bits per heavy atom. The Kier molecular flexibility index (Phi) is 2.45. The monoisotopic (exact) mass is 293 g/mol. The number of pyridine rings is 2. The van der Waals surface area contributed by atoms with Crippen molar-refractivity contribution in [3.63, 3.8) is 0 Å².